The summed E-state index contributed by atoms with van der Waals surface area (Å²) >= 11 is 6.38. The summed E-state index contributed by atoms with van der Waals surface area (Å²) in [5.41, 5.74) is 4.09. The summed E-state index contributed by atoms with van der Waals surface area (Å²) in [6.45, 7) is 2.21. The summed E-state index contributed by atoms with van der Waals surface area (Å²) in [4.78, 5) is 19.2. The van der Waals surface area contributed by atoms with Gasteiger partial charge in [-0.2, -0.15) is 13.2 Å². The highest BCUT2D eigenvalue weighted by Crippen LogP contribution is 2.31. The fourth-order valence-corrected chi connectivity index (χ4v) is 5.05. The number of anilines is 1. The number of alkyl halides is 3. The van der Waals surface area contributed by atoms with Crippen molar-refractivity contribution in [1.82, 2.24) is 5.32 Å². The van der Waals surface area contributed by atoms with Gasteiger partial charge in [0.25, 0.3) is 0 Å². The average Bonchev–Trinajstić information content (AvgIpc) is 3.07. The molecule has 13 heteroatoms. The lowest BCUT2D eigenvalue weighted by Crippen LogP contribution is -2.16. The van der Waals surface area contributed by atoms with Gasteiger partial charge in [-0.15, -0.1) is 0 Å². The molecule has 204 valence electrons. The fourth-order valence-electron chi connectivity index (χ4n) is 3.52. The van der Waals surface area contributed by atoms with Gasteiger partial charge in [0.2, 0.25) is 0 Å². The number of hydrogen-bond acceptors (Lipinski definition) is 6. The number of rotatable bonds is 9. The van der Waals surface area contributed by atoms with Crippen molar-refractivity contribution in [2.24, 2.45) is 0 Å². The van der Waals surface area contributed by atoms with Crippen LogP contribution < -0.4 is 10.6 Å². The Morgan fingerprint density at radius 2 is 1.57 bits per heavy atom. The highest BCUT2D eigenvalue weighted by molar-refractivity contribution is 7.91. The summed E-state index contributed by atoms with van der Waals surface area (Å²) < 4.78 is 61.1. The van der Waals surface area contributed by atoms with Crippen molar-refractivity contribution in [3.05, 3.63) is 58.1 Å². The maximum atomic E-state index is 12.3. The molecule has 2 aromatic rings. The average molecular weight is 565 g/mol. The van der Waals surface area contributed by atoms with Crippen LogP contribution in [-0.2, 0) is 38.8 Å². The van der Waals surface area contributed by atoms with Gasteiger partial charge in [0, 0.05) is 6.54 Å². The summed E-state index contributed by atoms with van der Waals surface area (Å²) in [7, 11) is -3.97. The topological polar surface area (TPSA) is 133 Å². The molecule has 8 nitrogen and oxygen atoms in total. The van der Waals surface area contributed by atoms with Crippen LogP contribution in [0.5, 0.6) is 0 Å². The minimum absolute atomic E-state index is 0.108. The molecule has 0 spiro atoms. The van der Waals surface area contributed by atoms with Crippen LogP contribution in [0.3, 0.4) is 0 Å². The number of carboxylic acids is 2. The molecule has 0 amide bonds. The zero-order chi connectivity index (χ0) is 27.6. The summed E-state index contributed by atoms with van der Waals surface area (Å²) in [6, 6.07) is 9.80. The first-order chi connectivity index (χ1) is 17.3. The van der Waals surface area contributed by atoms with E-state index < -0.39 is 40.1 Å². The third-order valence-corrected chi connectivity index (χ3v) is 7.49. The molecule has 0 bridgehead atoms. The molecule has 37 heavy (non-hydrogen) atoms. The van der Waals surface area contributed by atoms with Crippen molar-refractivity contribution < 1.29 is 41.4 Å². The molecule has 1 aliphatic rings. The molecule has 0 radical (unpaired) electrons. The van der Waals surface area contributed by atoms with Gasteiger partial charge in [0.05, 0.1) is 40.6 Å². The molecular formula is C24H28ClF3N2O6S. The highest BCUT2D eigenvalue weighted by atomic mass is 35.5. The lowest BCUT2D eigenvalue weighted by molar-refractivity contribution is -0.143. The van der Waals surface area contributed by atoms with E-state index in [0.29, 0.717) is 11.6 Å². The Bertz CT molecular complexity index is 1170. The molecule has 0 aromatic heterocycles. The van der Waals surface area contributed by atoms with E-state index >= 15 is 0 Å². The molecule has 4 N–H and O–H groups in total. The second-order valence-electron chi connectivity index (χ2n) is 8.28. The highest BCUT2D eigenvalue weighted by Gasteiger charge is 2.30. The van der Waals surface area contributed by atoms with Crippen molar-refractivity contribution in [2.45, 2.75) is 49.7 Å². The van der Waals surface area contributed by atoms with Gasteiger partial charge in [-0.1, -0.05) is 29.8 Å². The van der Waals surface area contributed by atoms with E-state index in [9.17, 15) is 31.2 Å². The quantitative estimate of drug-likeness (QED) is 0.354. The Kier molecular flexibility index (Phi) is 11.2. The molecule has 0 saturated carbocycles. The van der Waals surface area contributed by atoms with E-state index in [2.05, 4.69) is 10.6 Å². The molecular weight excluding hydrogens is 537 g/mol. The van der Waals surface area contributed by atoms with Crippen molar-refractivity contribution >= 4 is 39.1 Å². The summed E-state index contributed by atoms with van der Waals surface area (Å²) in [6.07, 6.45) is -4.67. The van der Waals surface area contributed by atoms with Crippen LogP contribution in [0.2, 0.25) is 5.02 Å². The Hall–Kier alpha value is -2.83. The number of aliphatic carboxylic acids is 2. The van der Waals surface area contributed by atoms with Gasteiger partial charge < -0.3 is 20.8 Å². The number of benzene rings is 2. The van der Waals surface area contributed by atoms with Crippen LogP contribution in [0.15, 0.2) is 41.3 Å². The third-order valence-electron chi connectivity index (χ3n) is 5.44. The minimum atomic E-state index is -4.50. The maximum absolute atomic E-state index is 12.3. The van der Waals surface area contributed by atoms with Crippen LogP contribution in [-0.4, -0.2) is 55.6 Å². The normalized spacial score (nSPS) is 13.5. The second kappa shape index (κ2) is 13.6. The predicted molar refractivity (Wildman–Crippen MR) is 133 cm³/mol. The Balaban J connectivity index is 0.000000521. The van der Waals surface area contributed by atoms with Crippen molar-refractivity contribution in [1.29, 1.82) is 0 Å². The lowest BCUT2D eigenvalue weighted by atomic mass is 10.0. The molecule has 0 aliphatic carbocycles. The van der Waals surface area contributed by atoms with Crippen LogP contribution in [0.25, 0.3) is 0 Å². The Morgan fingerprint density at radius 3 is 2.14 bits per heavy atom. The predicted octanol–water partition coefficient (Wildman–Crippen LogP) is 4.30. The molecule has 1 heterocycles. The maximum Gasteiger partial charge on any atom is 0.390 e. The van der Waals surface area contributed by atoms with Gasteiger partial charge in [-0.3, -0.25) is 9.59 Å². The Labute approximate surface area is 217 Å². The number of carbonyl (C=O) groups is 2. The minimum Gasteiger partial charge on any atom is -0.481 e. The number of halogens is 4. The third kappa shape index (κ3) is 10.6. The van der Waals surface area contributed by atoms with E-state index in [1.807, 2.05) is 12.1 Å². The van der Waals surface area contributed by atoms with E-state index in [1.54, 1.807) is 12.1 Å². The monoisotopic (exact) mass is 564 g/mol. The van der Waals surface area contributed by atoms with Gasteiger partial charge in [-0.05, 0) is 60.8 Å². The van der Waals surface area contributed by atoms with Gasteiger partial charge >= 0.3 is 18.1 Å². The number of carboxylic acid groups (broad SMARTS) is 2. The zero-order valence-corrected chi connectivity index (χ0v) is 21.3. The van der Waals surface area contributed by atoms with E-state index in [0.717, 1.165) is 37.2 Å². The standard InChI is InChI=1S/C20H22ClF3N2O2S.C4H6O4/c21-18-6-3-15-7-10-25-11-8-17(15)19(18)26-13-14-1-4-16(5-2-14)29(27,28)12-9-20(22,23)24;5-3(6)1-2-4(7)8/h1-6,25-26H,7-13H2;1-2H2,(H,5,6)(H,7,8). The number of sulfone groups is 1. The molecule has 0 unspecified atom stereocenters. The van der Waals surface area contributed by atoms with Crippen molar-refractivity contribution in [2.75, 3.05) is 24.2 Å². The first-order valence-corrected chi connectivity index (χ1v) is 13.4. The Morgan fingerprint density at radius 1 is 0.973 bits per heavy atom. The summed E-state index contributed by atoms with van der Waals surface area (Å²) in [5, 5.41) is 23.1. The lowest BCUT2D eigenvalue weighted by Gasteiger charge is -2.16. The fraction of sp³-hybridized carbons (Fsp3) is 0.417. The summed E-state index contributed by atoms with van der Waals surface area (Å²) in [5.74, 6) is -3.10. The second-order valence-corrected chi connectivity index (χ2v) is 10.8. The molecule has 0 saturated heterocycles. The SMILES string of the molecule is O=C(O)CCC(=O)O.O=S(=O)(CCC(F)(F)F)c1ccc(CNc2c(Cl)ccc3c2CCNCC3)cc1. The number of fused-ring (bicyclic) bond motifs is 1. The van der Waals surface area contributed by atoms with Crippen LogP contribution >= 0.6 is 11.6 Å². The molecule has 0 fully saturated rings. The van der Waals surface area contributed by atoms with Crippen LogP contribution in [0, 0.1) is 0 Å². The first-order valence-electron chi connectivity index (χ1n) is 11.4. The van der Waals surface area contributed by atoms with E-state index in [4.69, 9.17) is 21.8 Å². The largest absolute Gasteiger partial charge is 0.481 e. The van der Waals surface area contributed by atoms with Gasteiger partial charge in [0.15, 0.2) is 9.84 Å². The van der Waals surface area contributed by atoms with E-state index in [-0.39, 0.29) is 17.7 Å². The van der Waals surface area contributed by atoms with Gasteiger partial charge in [-0.25, -0.2) is 8.42 Å². The molecule has 3 rings (SSSR count). The zero-order valence-electron chi connectivity index (χ0n) is 19.8. The van der Waals surface area contributed by atoms with Crippen molar-refractivity contribution in [3.8, 4) is 0 Å². The smallest absolute Gasteiger partial charge is 0.390 e. The van der Waals surface area contributed by atoms with Crippen LogP contribution in [0.4, 0.5) is 18.9 Å². The first kappa shape index (κ1) is 30.4. The molecule has 0 atom stereocenters. The molecule has 2 aromatic carbocycles. The van der Waals surface area contributed by atoms with Crippen LogP contribution in [0.1, 0.15) is 36.0 Å². The molecule has 1 aliphatic heterocycles. The number of nitrogens with one attached hydrogen (secondary N) is 2. The van der Waals surface area contributed by atoms with E-state index in [1.165, 1.54) is 23.3 Å². The number of hydrogen-bond donors (Lipinski definition) is 4. The van der Waals surface area contributed by atoms with Crippen molar-refractivity contribution in [3.63, 3.8) is 0 Å². The van der Waals surface area contributed by atoms with Gasteiger partial charge in [0.1, 0.15) is 0 Å².